The average molecular weight is 272 g/mol. The fraction of sp³-hybridized carbons (Fsp3) is 0.571. The van der Waals surface area contributed by atoms with E-state index in [9.17, 15) is 13.2 Å². The highest BCUT2D eigenvalue weighted by Crippen LogP contribution is 2.27. The van der Waals surface area contributed by atoms with Crippen LogP contribution in [0.4, 0.5) is 18.9 Å². The zero-order chi connectivity index (χ0) is 13.9. The molecule has 1 aromatic carbocycles. The van der Waals surface area contributed by atoms with E-state index in [0.717, 1.165) is 32.9 Å². The normalized spacial score (nSPS) is 19.2. The van der Waals surface area contributed by atoms with Gasteiger partial charge in [-0.15, -0.1) is 0 Å². The van der Waals surface area contributed by atoms with Crippen LogP contribution in [-0.4, -0.2) is 25.3 Å². The Bertz CT molecular complexity index is 394. The molecule has 2 rings (SSSR count). The zero-order valence-electron chi connectivity index (χ0n) is 10.9. The first kappa shape index (κ1) is 14.2. The van der Waals surface area contributed by atoms with Crippen molar-refractivity contribution in [1.82, 2.24) is 5.32 Å². The molecule has 1 unspecified atom stereocenters. The molecule has 1 saturated heterocycles. The number of hydrogen-bond acceptors (Lipinski definition) is 2. The molecule has 2 nitrogen and oxygen atoms in total. The van der Waals surface area contributed by atoms with Crippen molar-refractivity contribution in [3.05, 3.63) is 29.8 Å². The summed E-state index contributed by atoms with van der Waals surface area (Å²) in [7, 11) is 0. The highest BCUT2D eigenvalue weighted by molar-refractivity contribution is 5.46. The quantitative estimate of drug-likeness (QED) is 0.879. The molecule has 0 bridgehead atoms. The molecule has 0 radical (unpaired) electrons. The van der Waals surface area contributed by atoms with Crippen LogP contribution >= 0.6 is 0 Å². The van der Waals surface area contributed by atoms with Crippen LogP contribution < -0.4 is 10.6 Å². The molecule has 1 aliphatic rings. The van der Waals surface area contributed by atoms with Crippen LogP contribution in [0.25, 0.3) is 0 Å². The SMILES string of the molecule is CC(Nc1ccc(C2CCNCC2)cc1)C(F)(F)F. The fourth-order valence-electron chi connectivity index (χ4n) is 2.34. The number of rotatable bonds is 3. The molecule has 0 spiro atoms. The summed E-state index contributed by atoms with van der Waals surface area (Å²) in [6.45, 7) is 3.15. The maximum absolute atomic E-state index is 12.4. The first-order chi connectivity index (χ1) is 8.97. The summed E-state index contributed by atoms with van der Waals surface area (Å²) >= 11 is 0. The number of alkyl halides is 3. The molecule has 0 amide bonds. The monoisotopic (exact) mass is 272 g/mol. The molecule has 1 aliphatic heterocycles. The fourth-order valence-corrected chi connectivity index (χ4v) is 2.34. The molecule has 1 fully saturated rings. The summed E-state index contributed by atoms with van der Waals surface area (Å²) in [5.41, 5.74) is 1.73. The van der Waals surface area contributed by atoms with Crippen molar-refractivity contribution in [1.29, 1.82) is 0 Å². The van der Waals surface area contributed by atoms with Gasteiger partial charge in [-0.3, -0.25) is 0 Å². The van der Waals surface area contributed by atoms with Gasteiger partial charge in [-0.2, -0.15) is 13.2 Å². The van der Waals surface area contributed by atoms with Crippen LogP contribution in [0.2, 0.25) is 0 Å². The largest absolute Gasteiger partial charge is 0.408 e. The van der Waals surface area contributed by atoms with Crippen molar-refractivity contribution < 1.29 is 13.2 Å². The second-order valence-corrected chi connectivity index (χ2v) is 5.05. The second-order valence-electron chi connectivity index (χ2n) is 5.05. The standard InChI is InChI=1S/C14H19F3N2/c1-10(14(15,16)17)19-13-4-2-11(3-5-13)12-6-8-18-9-7-12/h2-5,10,12,18-19H,6-9H2,1H3. The van der Waals surface area contributed by atoms with Crippen molar-refractivity contribution in [2.45, 2.75) is 37.9 Å². The smallest absolute Gasteiger partial charge is 0.374 e. The van der Waals surface area contributed by atoms with E-state index in [1.54, 1.807) is 12.1 Å². The highest BCUT2D eigenvalue weighted by Gasteiger charge is 2.35. The third-order valence-electron chi connectivity index (χ3n) is 3.60. The summed E-state index contributed by atoms with van der Waals surface area (Å²) in [6.07, 6.45) is -2.04. The van der Waals surface area contributed by atoms with E-state index in [2.05, 4.69) is 10.6 Å². The lowest BCUT2D eigenvalue weighted by molar-refractivity contribution is -0.138. The van der Waals surface area contributed by atoms with E-state index in [4.69, 9.17) is 0 Å². The number of benzene rings is 1. The van der Waals surface area contributed by atoms with Gasteiger partial charge in [0.1, 0.15) is 6.04 Å². The van der Waals surface area contributed by atoms with Crippen LogP contribution in [0, 0.1) is 0 Å². The minimum absolute atomic E-state index is 0.516. The van der Waals surface area contributed by atoms with Gasteiger partial charge in [0.2, 0.25) is 0 Å². The molecule has 1 atom stereocenters. The maximum Gasteiger partial charge on any atom is 0.408 e. The van der Waals surface area contributed by atoms with Crippen molar-refractivity contribution in [2.75, 3.05) is 18.4 Å². The van der Waals surface area contributed by atoms with Gasteiger partial charge in [0.15, 0.2) is 0 Å². The zero-order valence-corrected chi connectivity index (χ0v) is 10.9. The third-order valence-corrected chi connectivity index (χ3v) is 3.60. The van der Waals surface area contributed by atoms with Gasteiger partial charge in [0.25, 0.3) is 0 Å². The lowest BCUT2D eigenvalue weighted by atomic mass is 9.90. The number of nitrogens with one attached hydrogen (secondary N) is 2. The second kappa shape index (κ2) is 5.82. The van der Waals surface area contributed by atoms with Crippen LogP contribution in [-0.2, 0) is 0 Å². The summed E-state index contributed by atoms with van der Waals surface area (Å²) in [6, 6.07) is 5.81. The Labute approximate surface area is 111 Å². The van der Waals surface area contributed by atoms with Crippen LogP contribution in [0.3, 0.4) is 0 Å². The van der Waals surface area contributed by atoms with Gasteiger partial charge in [0.05, 0.1) is 0 Å². The molecule has 19 heavy (non-hydrogen) atoms. The van der Waals surface area contributed by atoms with E-state index in [0.29, 0.717) is 11.6 Å². The Morgan fingerprint density at radius 3 is 2.26 bits per heavy atom. The van der Waals surface area contributed by atoms with Crippen LogP contribution in [0.1, 0.15) is 31.2 Å². The van der Waals surface area contributed by atoms with Gasteiger partial charge >= 0.3 is 6.18 Å². The summed E-state index contributed by atoms with van der Waals surface area (Å²) in [4.78, 5) is 0. The molecule has 0 aromatic heterocycles. The lowest BCUT2D eigenvalue weighted by Crippen LogP contribution is -2.33. The summed E-state index contributed by atoms with van der Waals surface area (Å²) in [5, 5.41) is 5.78. The van der Waals surface area contributed by atoms with E-state index in [1.165, 1.54) is 5.56 Å². The van der Waals surface area contributed by atoms with Gasteiger partial charge < -0.3 is 10.6 Å². The van der Waals surface area contributed by atoms with Crippen molar-refractivity contribution >= 4 is 5.69 Å². The first-order valence-electron chi connectivity index (χ1n) is 6.61. The van der Waals surface area contributed by atoms with Gasteiger partial charge in [-0.25, -0.2) is 0 Å². The Morgan fingerprint density at radius 2 is 1.74 bits per heavy atom. The van der Waals surface area contributed by atoms with Gasteiger partial charge in [-0.1, -0.05) is 12.1 Å². The summed E-state index contributed by atoms with van der Waals surface area (Å²) in [5.74, 6) is 0.523. The topological polar surface area (TPSA) is 24.1 Å². The van der Waals surface area contributed by atoms with Crippen LogP contribution in [0.15, 0.2) is 24.3 Å². The Kier molecular flexibility index (Phi) is 4.34. The maximum atomic E-state index is 12.4. The number of piperidine rings is 1. The molecule has 0 saturated carbocycles. The third kappa shape index (κ3) is 3.86. The molecular weight excluding hydrogens is 253 g/mol. The Hall–Kier alpha value is -1.23. The molecule has 106 valence electrons. The van der Waals surface area contributed by atoms with Crippen molar-refractivity contribution in [3.63, 3.8) is 0 Å². The first-order valence-corrected chi connectivity index (χ1v) is 6.61. The Morgan fingerprint density at radius 1 is 1.16 bits per heavy atom. The van der Waals surface area contributed by atoms with E-state index < -0.39 is 12.2 Å². The van der Waals surface area contributed by atoms with Crippen molar-refractivity contribution in [2.24, 2.45) is 0 Å². The molecule has 2 N–H and O–H groups in total. The molecular formula is C14H19F3N2. The number of halogens is 3. The van der Waals surface area contributed by atoms with E-state index in [-0.39, 0.29) is 0 Å². The predicted molar refractivity (Wildman–Crippen MR) is 70.4 cm³/mol. The Balaban J connectivity index is 1.98. The number of anilines is 1. The van der Waals surface area contributed by atoms with E-state index >= 15 is 0 Å². The van der Waals surface area contributed by atoms with Gasteiger partial charge in [-0.05, 0) is 56.5 Å². The summed E-state index contributed by atoms with van der Waals surface area (Å²) < 4.78 is 37.3. The minimum atomic E-state index is -4.21. The minimum Gasteiger partial charge on any atom is -0.374 e. The molecule has 5 heteroatoms. The lowest BCUT2D eigenvalue weighted by Gasteiger charge is -2.23. The van der Waals surface area contributed by atoms with E-state index in [1.807, 2.05) is 12.1 Å². The molecule has 1 heterocycles. The predicted octanol–water partition coefficient (Wildman–Crippen LogP) is 3.52. The highest BCUT2D eigenvalue weighted by atomic mass is 19.4. The van der Waals surface area contributed by atoms with Crippen molar-refractivity contribution in [3.8, 4) is 0 Å². The number of hydrogen-bond donors (Lipinski definition) is 2. The molecule has 0 aliphatic carbocycles. The average Bonchev–Trinajstić information content (AvgIpc) is 2.39. The molecule has 1 aromatic rings. The van der Waals surface area contributed by atoms with Gasteiger partial charge in [0, 0.05) is 5.69 Å². The van der Waals surface area contributed by atoms with Crippen LogP contribution in [0.5, 0.6) is 0 Å².